The van der Waals surface area contributed by atoms with Crippen LogP contribution in [0.1, 0.15) is 31.7 Å². The number of anilines is 2. The topological polar surface area (TPSA) is 79.5 Å². The van der Waals surface area contributed by atoms with Gasteiger partial charge in [-0.25, -0.2) is 0 Å². The third kappa shape index (κ3) is 7.82. The highest BCUT2D eigenvalue weighted by molar-refractivity contribution is 7.80. The molecule has 2 rings (SSSR count). The van der Waals surface area contributed by atoms with E-state index in [9.17, 15) is 9.59 Å². The predicted molar refractivity (Wildman–Crippen MR) is 126 cm³/mol. The summed E-state index contributed by atoms with van der Waals surface area (Å²) in [5, 5.41) is 9.53. The molecular formula is C21H23Cl2N3O3S. The average Bonchev–Trinajstić information content (AvgIpc) is 2.69. The van der Waals surface area contributed by atoms with Gasteiger partial charge in [-0.3, -0.25) is 9.59 Å². The molecular weight excluding hydrogens is 445 g/mol. The molecule has 2 aromatic carbocycles. The molecule has 0 fully saturated rings. The van der Waals surface area contributed by atoms with E-state index in [-0.39, 0.29) is 23.3 Å². The molecule has 0 heterocycles. The lowest BCUT2D eigenvalue weighted by molar-refractivity contribution is -0.120. The van der Waals surface area contributed by atoms with E-state index in [2.05, 4.69) is 16.0 Å². The van der Waals surface area contributed by atoms with E-state index in [1.54, 1.807) is 31.2 Å². The molecule has 30 heavy (non-hydrogen) atoms. The number of thiocarbonyl (C=S) groups is 1. The quantitative estimate of drug-likeness (QED) is 0.361. The first-order valence-corrected chi connectivity index (χ1v) is 10.5. The van der Waals surface area contributed by atoms with Crippen molar-refractivity contribution in [3.05, 3.63) is 52.0 Å². The molecule has 0 bridgehead atoms. The van der Waals surface area contributed by atoms with Crippen molar-refractivity contribution in [3.63, 3.8) is 0 Å². The predicted octanol–water partition coefficient (Wildman–Crippen LogP) is 5.32. The molecule has 0 unspecified atom stereocenters. The van der Waals surface area contributed by atoms with E-state index in [0.717, 1.165) is 5.56 Å². The third-order valence-electron chi connectivity index (χ3n) is 4.04. The van der Waals surface area contributed by atoms with Gasteiger partial charge in [-0.05, 0) is 61.5 Å². The van der Waals surface area contributed by atoms with Crippen LogP contribution in [0.3, 0.4) is 0 Å². The summed E-state index contributed by atoms with van der Waals surface area (Å²) >= 11 is 17.1. The number of halogens is 2. The Morgan fingerprint density at radius 2 is 1.83 bits per heavy atom. The lowest BCUT2D eigenvalue weighted by Gasteiger charge is -2.13. The number of ether oxygens (including phenoxy) is 1. The largest absolute Gasteiger partial charge is 0.492 e. The maximum absolute atomic E-state index is 12.1. The number of amides is 2. The number of aryl methyl sites for hydroxylation is 1. The number of carbonyl (C=O) groups excluding carboxylic acids is 2. The van der Waals surface area contributed by atoms with Gasteiger partial charge in [0.2, 0.25) is 11.8 Å². The molecule has 0 aliphatic rings. The van der Waals surface area contributed by atoms with Gasteiger partial charge in [-0.2, -0.15) is 0 Å². The first kappa shape index (κ1) is 23.9. The molecule has 0 aromatic heterocycles. The van der Waals surface area contributed by atoms with Crippen LogP contribution < -0.4 is 20.7 Å². The number of carbonyl (C=O) groups is 2. The van der Waals surface area contributed by atoms with Gasteiger partial charge in [0.05, 0.1) is 11.6 Å². The zero-order valence-corrected chi connectivity index (χ0v) is 19.0. The first-order chi connectivity index (χ1) is 14.3. The van der Waals surface area contributed by atoms with Gasteiger partial charge in [0.25, 0.3) is 0 Å². The van der Waals surface area contributed by atoms with Gasteiger partial charge >= 0.3 is 0 Å². The maximum Gasteiger partial charge on any atom is 0.226 e. The lowest BCUT2D eigenvalue weighted by atomic mass is 10.1. The Bertz CT molecular complexity index is 938. The molecule has 0 spiro atoms. The Hall–Kier alpha value is -2.35. The van der Waals surface area contributed by atoms with E-state index in [4.69, 9.17) is 40.2 Å². The Balaban J connectivity index is 1.77. The molecule has 3 N–H and O–H groups in total. The molecule has 0 atom stereocenters. The van der Waals surface area contributed by atoms with Crippen LogP contribution in [0.2, 0.25) is 10.0 Å². The second kappa shape index (κ2) is 11.7. The smallest absolute Gasteiger partial charge is 0.226 e. The Morgan fingerprint density at radius 1 is 1.07 bits per heavy atom. The lowest BCUT2D eigenvalue weighted by Crippen LogP contribution is -2.34. The summed E-state index contributed by atoms with van der Waals surface area (Å²) in [6.45, 7) is 4.01. The average molecular weight is 468 g/mol. The van der Waals surface area contributed by atoms with Crippen molar-refractivity contribution >= 4 is 63.7 Å². The number of benzene rings is 2. The number of hydrogen-bond donors (Lipinski definition) is 3. The molecule has 0 aliphatic heterocycles. The van der Waals surface area contributed by atoms with Crippen LogP contribution in [-0.4, -0.2) is 23.5 Å². The molecule has 0 saturated heterocycles. The van der Waals surface area contributed by atoms with Crippen molar-refractivity contribution in [2.75, 3.05) is 17.2 Å². The molecule has 0 aliphatic carbocycles. The summed E-state index contributed by atoms with van der Waals surface area (Å²) in [6, 6.07) is 10.4. The summed E-state index contributed by atoms with van der Waals surface area (Å²) in [5.41, 5.74) is 2.29. The van der Waals surface area contributed by atoms with Crippen molar-refractivity contribution in [1.29, 1.82) is 0 Å². The minimum Gasteiger partial charge on any atom is -0.492 e. The zero-order chi connectivity index (χ0) is 22.1. The molecule has 0 radical (unpaired) electrons. The van der Waals surface area contributed by atoms with Crippen LogP contribution in [0.15, 0.2) is 36.4 Å². The number of nitrogens with one attached hydrogen (secondary N) is 3. The van der Waals surface area contributed by atoms with Crippen molar-refractivity contribution in [1.82, 2.24) is 5.32 Å². The summed E-state index contributed by atoms with van der Waals surface area (Å²) in [4.78, 5) is 23.7. The van der Waals surface area contributed by atoms with Crippen LogP contribution in [0.5, 0.6) is 5.75 Å². The summed E-state index contributed by atoms with van der Waals surface area (Å²) in [7, 11) is 0. The molecule has 9 heteroatoms. The van der Waals surface area contributed by atoms with Gasteiger partial charge in [-0.1, -0.05) is 36.2 Å². The van der Waals surface area contributed by atoms with Gasteiger partial charge in [0.15, 0.2) is 5.11 Å². The highest BCUT2D eigenvalue weighted by atomic mass is 35.5. The van der Waals surface area contributed by atoms with Crippen molar-refractivity contribution in [2.24, 2.45) is 0 Å². The number of hydrogen-bond acceptors (Lipinski definition) is 4. The minimum absolute atomic E-state index is 0.0757. The van der Waals surface area contributed by atoms with Crippen LogP contribution in [0.4, 0.5) is 11.4 Å². The Labute approximate surface area is 191 Å². The Morgan fingerprint density at radius 3 is 2.53 bits per heavy atom. The fourth-order valence-electron chi connectivity index (χ4n) is 2.43. The van der Waals surface area contributed by atoms with Crippen LogP contribution in [0.25, 0.3) is 0 Å². The van der Waals surface area contributed by atoms with E-state index >= 15 is 0 Å². The van der Waals surface area contributed by atoms with Crippen molar-refractivity contribution in [2.45, 2.75) is 33.1 Å². The third-order valence-corrected chi connectivity index (χ3v) is 4.78. The second-order valence-electron chi connectivity index (χ2n) is 6.46. The standard InChI is InChI=1S/C21H23Cl2N3O3S/c1-3-19(27)25-17-12-15(8-6-13(17)2)24-21(30)26-20(28)5-4-10-29-18-9-7-14(22)11-16(18)23/h6-9,11-12H,3-5,10H2,1-2H3,(H,25,27)(H2,24,26,28,30). The SMILES string of the molecule is CCC(=O)Nc1cc(NC(=S)NC(=O)CCCOc2ccc(Cl)cc2Cl)ccc1C. The van der Waals surface area contributed by atoms with Crippen molar-refractivity contribution < 1.29 is 14.3 Å². The molecule has 0 saturated carbocycles. The van der Waals surface area contributed by atoms with Crippen molar-refractivity contribution in [3.8, 4) is 5.75 Å². The first-order valence-electron chi connectivity index (χ1n) is 9.37. The molecule has 160 valence electrons. The van der Waals surface area contributed by atoms with E-state index in [1.807, 2.05) is 19.1 Å². The second-order valence-corrected chi connectivity index (χ2v) is 7.71. The minimum atomic E-state index is -0.232. The fraction of sp³-hybridized carbons (Fsp3) is 0.286. The monoisotopic (exact) mass is 467 g/mol. The maximum atomic E-state index is 12.1. The highest BCUT2D eigenvalue weighted by Gasteiger charge is 2.08. The van der Waals surface area contributed by atoms with E-state index < -0.39 is 0 Å². The van der Waals surface area contributed by atoms with Crippen LogP contribution in [0, 0.1) is 6.92 Å². The molecule has 2 amide bonds. The molecule has 2 aromatic rings. The van der Waals surface area contributed by atoms with Gasteiger partial charge in [0, 0.05) is 29.2 Å². The number of rotatable bonds is 8. The normalized spacial score (nSPS) is 10.3. The Kier molecular flexibility index (Phi) is 9.36. The zero-order valence-electron chi connectivity index (χ0n) is 16.7. The van der Waals surface area contributed by atoms with Crippen LogP contribution >= 0.6 is 35.4 Å². The molecule has 6 nitrogen and oxygen atoms in total. The summed E-state index contributed by atoms with van der Waals surface area (Å²) < 4.78 is 5.55. The van der Waals surface area contributed by atoms with E-state index in [1.165, 1.54) is 0 Å². The van der Waals surface area contributed by atoms with Gasteiger partial charge in [0.1, 0.15) is 5.75 Å². The van der Waals surface area contributed by atoms with Gasteiger partial charge < -0.3 is 20.7 Å². The summed E-state index contributed by atoms with van der Waals surface area (Å²) in [5.74, 6) is 0.210. The van der Waals surface area contributed by atoms with Gasteiger partial charge in [-0.15, -0.1) is 0 Å². The van der Waals surface area contributed by atoms with Crippen LogP contribution in [-0.2, 0) is 9.59 Å². The highest BCUT2D eigenvalue weighted by Crippen LogP contribution is 2.27. The van der Waals surface area contributed by atoms with E-state index in [0.29, 0.717) is 46.6 Å². The summed E-state index contributed by atoms with van der Waals surface area (Å²) in [6.07, 6.45) is 1.11. The fourth-order valence-corrected chi connectivity index (χ4v) is 3.13.